The van der Waals surface area contributed by atoms with Crippen molar-refractivity contribution in [3.05, 3.63) is 83.2 Å². The molecule has 0 aliphatic rings. The third-order valence-electron chi connectivity index (χ3n) is 4.82. The van der Waals surface area contributed by atoms with E-state index in [2.05, 4.69) is 21.7 Å². The standard InChI is InChI=1S/C24H24FN5O2/c25-18-6-3-4-16(12-18)10-11-28-23-21(24(32)29-14-19(27)15-31)8-9-22(30-23)20-7-2-1-5-17(20)13-26/h1-9,12,19,31H,10-11,14-15,27H2,(H,28,30)(H,29,32)/t19-/m0/s1. The smallest absolute Gasteiger partial charge is 0.255 e. The van der Waals surface area contributed by atoms with E-state index in [0.717, 1.165) is 5.56 Å². The maximum atomic E-state index is 13.4. The van der Waals surface area contributed by atoms with Crippen molar-refractivity contribution in [2.45, 2.75) is 12.5 Å². The van der Waals surface area contributed by atoms with Crippen LogP contribution in [-0.2, 0) is 6.42 Å². The monoisotopic (exact) mass is 433 g/mol. The predicted octanol–water partition coefficient (Wildman–Crippen LogP) is 2.46. The maximum Gasteiger partial charge on any atom is 0.255 e. The molecule has 8 heteroatoms. The Morgan fingerprint density at radius 1 is 1.19 bits per heavy atom. The molecule has 0 saturated heterocycles. The largest absolute Gasteiger partial charge is 0.395 e. The molecule has 0 spiro atoms. The number of anilines is 1. The third-order valence-corrected chi connectivity index (χ3v) is 4.82. The van der Waals surface area contributed by atoms with Gasteiger partial charge in [0.15, 0.2) is 0 Å². The average molecular weight is 433 g/mol. The normalized spacial score (nSPS) is 11.4. The number of hydrogen-bond acceptors (Lipinski definition) is 6. The van der Waals surface area contributed by atoms with E-state index in [4.69, 9.17) is 10.8 Å². The van der Waals surface area contributed by atoms with E-state index < -0.39 is 11.9 Å². The van der Waals surface area contributed by atoms with Gasteiger partial charge < -0.3 is 21.5 Å². The molecule has 1 atom stereocenters. The highest BCUT2D eigenvalue weighted by molar-refractivity contribution is 5.99. The molecule has 1 aromatic heterocycles. The Morgan fingerprint density at radius 3 is 2.75 bits per heavy atom. The van der Waals surface area contributed by atoms with Gasteiger partial charge >= 0.3 is 0 Å². The van der Waals surface area contributed by atoms with E-state index in [-0.39, 0.29) is 19.0 Å². The van der Waals surface area contributed by atoms with Crippen LogP contribution >= 0.6 is 0 Å². The van der Waals surface area contributed by atoms with Gasteiger partial charge in [-0.05, 0) is 42.3 Å². The Morgan fingerprint density at radius 2 is 2.00 bits per heavy atom. The van der Waals surface area contributed by atoms with Crippen LogP contribution < -0.4 is 16.4 Å². The van der Waals surface area contributed by atoms with E-state index in [9.17, 15) is 14.4 Å². The summed E-state index contributed by atoms with van der Waals surface area (Å²) in [7, 11) is 0. The van der Waals surface area contributed by atoms with Crippen molar-refractivity contribution in [3.8, 4) is 17.3 Å². The first-order valence-electron chi connectivity index (χ1n) is 10.2. The molecule has 0 unspecified atom stereocenters. The minimum Gasteiger partial charge on any atom is -0.395 e. The number of carbonyl (C=O) groups excluding carboxylic acids is 1. The fraction of sp³-hybridized carbons (Fsp3) is 0.208. The summed E-state index contributed by atoms with van der Waals surface area (Å²) < 4.78 is 13.4. The van der Waals surface area contributed by atoms with Gasteiger partial charge in [-0.2, -0.15) is 5.26 Å². The van der Waals surface area contributed by atoms with Crippen LogP contribution in [0.25, 0.3) is 11.3 Å². The highest BCUT2D eigenvalue weighted by Gasteiger charge is 2.16. The number of aliphatic hydroxyl groups is 1. The second kappa shape index (κ2) is 11.0. The molecule has 164 valence electrons. The van der Waals surface area contributed by atoms with Crippen LogP contribution in [0.1, 0.15) is 21.5 Å². The summed E-state index contributed by atoms with van der Waals surface area (Å²) in [5, 5.41) is 24.3. The highest BCUT2D eigenvalue weighted by Crippen LogP contribution is 2.25. The lowest BCUT2D eigenvalue weighted by molar-refractivity contribution is 0.0948. The molecular formula is C24H24FN5O2. The molecule has 1 amide bonds. The number of benzene rings is 2. The second-order valence-corrected chi connectivity index (χ2v) is 7.21. The van der Waals surface area contributed by atoms with E-state index in [1.54, 1.807) is 36.4 Å². The Hall–Kier alpha value is -3.80. The number of nitrogens with zero attached hydrogens (tertiary/aromatic N) is 2. The van der Waals surface area contributed by atoms with Crippen molar-refractivity contribution in [2.75, 3.05) is 25.0 Å². The van der Waals surface area contributed by atoms with Crippen molar-refractivity contribution in [2.24, 2.45) is 5.73 Å². The SMILES string of the molecule is N#Cc1ccccc1-c1ccc(C(=O)NC[C@H](N)CO)c(NCCc2cccc(F)c2)n1. The van der Waals surface area contributed by atoms with E-state index in [0.29, 0.717) is 41.2 Å². The fourth-order valence-corrected chi connectivity index (χ4v) is 3.13. The predicted molar refractivity (Wildman–Crippen MR) is 120 cm³/mol. The van der Waals surface area contributed by atoms with E-state index in [1.165, 1.54) is 12.1 Å². The van der Waals surface area contributed by atoms with Crippen molar-refractivity contribution in [1.82, 2.24) is 10.3 Å². The molecule has 0 saturated carbocycles. The van der Waals surface area contributed by atoms with Gasteiger partial charge in [-0.25, -0.2) is 9.37 Å². The number of amides is 1. The summed E-state index contributed by atoms with van der Waals surface area (Å²) >= 11 is 0. The number of aliphatic hydroxyl groups excluding tert-OH is 1. The Labute approximate surface area is 185 Å². The number of nitrogens with two attached hydrogens (primary N) is 1. The molecule has 1 heterocycles. The number of nitriles is 1. The Kier molecular flexibility index (Phi) is 7.86. The zero-order valence-corrected chi connectivity index (χ0v) is 17.4. The average Bonchev–Trinajstić information content (AvgIpc) is 2.82. The molecule has 2 aromatic carbocycles. The number of hydrogen-bond donors (Lipinski definition) is 4. The van der Waals surface area contributed by atoms with Gasteiger partial charge in [0.1, 0.15) is 11.6 Å². The van der Waals surface area contributed by atoms with Crippen LogP contribution in [0.4, 0.5) is 10.2 Å². The summed E-state index contributed by atoms with van der Waals surface area (Å²) in [5.74, 6) is -0.368. The maximum absolute atomic E-state index is 13.4. The Balaban J connectivity index is 1.86. The number of carbonyl (C=O) groups is 1. The van der Waals surface area contributed by atoms with Gasteiger partial charge in [0.25, 0.3) is 5.91 Å². The molecule has 3 aromatic rings. The van der Waals surface area contributed by atoms with Gasteiger partial charge in [-0.3, -0.25) is 4.79 Å². The summed E-state index contributed by atoms with van der Waals surface area (Å²) in [6, 6.07) is 18.3. The zero-order chi connectivity index (χ0) is 22.9. The second-order valence-electron chi connectivity index (χ2n) is 7.21. The third kappa shape index (κ3) is 5.88. The van der Waals surface area contributed by atoms with Crippen LogP contribution in [-0.4, -0.2) is 41.7 Å². The molecule has 32 heavy (non-hydrogen) atoms. The van der Waals surface area contributed by atoms with Crippen LogP contribution in [0.15, 0.2) is 60.7 Å². The summed E-state index contributed by atoms with van der Waals surface area (Å²) in [5.41, 5.74) is 8.44. The minimum absolute atomic E-state index is 0.108. The lowest BCUT2D eigenvalue weighted by Gasteiger charge is -2.15. The molecule has 0 aliphatic carbocycles. The summed E-state index contributed by atoms with van der Waals surface area (Å²) in [4.78, 5) is 17.3. The van der Waals surface area contributed by atoms with Gasteiger partial charge in [0, 0.05) is 24.7 Å². The van der Waals surface area contributed by atoms with Gasteiger partial charge in [0.2, 0.25) is 0 Å². The molecule has 7 nitrogen and oxygen atoms in total. The first-order chi connectivity index (χ1) is 15.5. The van der Waals surface area contributed by atoms with Crippen LogP contribution in [0, 0.1) is 17.1 Å². The molecule has 0 radical (unpaired) electrons. The van der Waals surface area contributed by atoms with Crippen molar-refractivity contribution < 1.29 is 14.3 Å². The molecule has 3 rings (SSSR count). The topological polar surface area (TPSA) is 124 Å². The molecular weight excluding hydrogens is 409 g/mol. The summed E-state index contributed by atoms with van der Waals surface area (Å²) in [6.07, 6.45) is 0.523. The first kappa shape index (κ1) is 22.9. The lowest BCUT2D eigenvalue weighted by Crippen LogP contribution is -2.39. The first-order valence-corrected chi connectivity index (χ1v) is 10.2. The molecule has 0 fully saturated rings. The minimum atomic E-state index is -0.571. The number of rotatable bonds is 9. The molecule has 0 aliphatic heterocycles. The Bertz CT molecular complexity index is 1130. The van der Waals surface area contributed by atoms with Gasteiger partial charge in [-0.15, -0.1) is 0 Å². The number of halogens is 1. The molecule has 5 N–H and O–H groups in total. The van der Waals surface area contributed by atoms with Crippen molar-refractivity contribution in [1.29, 1.82) is 5.26 Å². The number of aromatic nitrogens is 1. The lowest BCUT2D eigenvalue weighted by atomic mass is 10.0. The zero-order valence-electron chi connectivity index (χ0n) is 17.4. The van der Waals surface area contributed by atoms with Crippen LogP contribution in [0.2, 0.25) is 0 Å². The van der Waals surface area contributed by atoms with Gasteiger partial charge in [0.05, 0.1) is 29.5 Å². The quantitative estimate of drug-likeness (QED) is 0.411. The van der Waals surface area contributed by atoms with Crippen LogP contribution in [0.3, 0.4) is 0 Å². The van der Waals surface area contributed by atoms with Crippen molar-refractivity contribution >= 4 is 11.7 Å². The van der Waals surface area contributed by atoms with Gasteiger partial charge in [-0.1, -0.05) is 30.3 Å². The number of nitrogens with one attached hydrogen (secondary N) is 2. The van der Waals surface area contributed by atoms with Crippen LogP contribution in [0.5, 0.6) is 0 Å². The summed E-state index contributed by atoms with van der Waals surface area (Å²) in [6.45, 7) is 0.272. The van der Waals surface area contributed by atoms with Crippen molar-refractivity contribution in [3.63, 3.8) is 0 Å². The highest BCUT2D eigenvalue weighted by atomic mass is 19.1. The van der Waals surface area contributed by atoms with E-state index in [1.807, 2.05) is 12.1 Å². The number of pyridine rings is 1. The van der Waals surface area contributed by atoms with E-state index >= 15 is 0 Å². The fourth-order valence-electron chi connectivity index (χ4n) is 3.13. The molecule has 0 bridgehead atoms.